The Morgan fingerprint density at radius 2 is 1.10 bits per heavy atom. The topological polar surface area (TPSA) is 180 Å². The van der Waals surface area contributed by atoms with E-state index >= 15 is 0 Å². The van der Waals surface area contributed by atoms with Gasteiger partial charge in [0, 0.05) is 45.6 Å². The smallest absolute Gasteiger partial charge is 0.314 e. The highest BCUT2D eigenvalue weighted by Gasteiger charge is 2.15. The van der Waals surface area contributed by atoms with E-state index in [-0.39, 0.29) is 35.8 Å². The molecule has 348 valence electrons. The lowest BCUT2D eigenvalue weighted by molar-refractivity contribution is -0.155. The van der Waals surface area contributed by atoms with E-state index in [1.807, 2.05) is 67.5 Å². The molecule has 0 saturated carbocycles. The van der Waals surface area contributed by atoms with E-state index in [0.29, 0.717) is 90.9 Å². The number of benzene rings is 1. The number of carbonyl (C=O) groups excluding carboxylic acids is 5. The van der Waals surface area contributed by atoms with E-state index in [1.54, 1.807) is 0 Å². The van der Waals surface area contributed by atoms with Gasteiger partial charge in [-0.05, 0) is 110 Å². The van der Waals surface area contributed by atoms with Crippen molar-refractivity contribution < 1.29 is 47.7 Å². The summed E-state index contributed by atoms with van der Waals surface area (Å²) in [5.74, 6) is 0.439. The lowest BCUT2D eigenvalue weighted by Crippen LogP contribution is -2.36. The van der Waals surface area contributed by atoms with Crippen molar-refractivity contribution in [1.29, 1.82) is 0 Å². The summed E-state index contributed by atoms with van der Waals surface area (Å²) in [5.41, 5.74) is 1.39. The Kier molecular flexibility index (Phi) is 37.1. The third-order valence-electron chi connectivity index (χ3n) is 8.04. The van der Waals surface area contributed by atoms with E-state index in [1.165, 1.54) is 5.56 Å². The molecule has 60 heavy (non-hydrogen) atoms. The maximum Gasteiger partial charge on any atom is 0.314 e. The first-order valence-electron chi connectivity index (χ1n) is 22.2. The quantitative estimate of drug-likeness (QED) is 0.0338. The van der Waals surface area contributed by atoms with E-state index in [4.69, 9.17) is 18.9 Å². The Morgan fingerprint density at radius 1 is 0.583 bits per heavy atom. The van der Waals surface area contributed by atoms with Crippen molar-refractivity contribution in [3.63, 3.8) is 0 Å². The summed E-state index contributed by atoms with van der Waals surface area (Å²) in [7, 11) is 0. The van der Waals surface area contributed by atoms with Gasteiger partial charge in [0.25, 0.3) is 6.47 Å². The highest BCUT2D eigenvalue weighted by Crippen LogP contribution is 2.11. The number of ether oxygens (including phenoxy) is 5. The predicted octanol–water partition coefficient (Wildman–Crippen LogP) is 7.24. The Bertz CT molecular complexity index is 1230. The van der Waals surface area contributed by atoms with Crippen LogP contribution in [0.1, 0.15) is 145 Å². The van der Waals surface area contributed by atoms with Gasteiger partial charge in [-0.2, -0.15) is 0 Å². The monoisotopic (exact) mass is 853 g/mol. The molecule has 0 aliphatic carbocycles. The molecule has 0 aromatic heterocycles. The van der Waals surface area contributed by atoms with E-state index in [9.17, 15) is 24.0 Å². The van der Waals surface area contributed by atoms with Crippen molar-refractivity contribution in [2.24, 2.45) is 5.92 Å². The number of aryl methyl sites for hydroxylation is 1. The molecule has 0 bridgehead atoms. The van der Waals surface area contributed by atoms with Crippen LogP contribution in [0.25, 0.3) is 0 Å². The summed E-state index contributed by atoms with van der Waals surface area (Å²) in [4.78, 5) is 57.6. The second kappa shape index (κ2) is 38.2. The van der Waals surface area contributed by atoms with Crippen molar-refractivity contribution in [3.8, 4) is 0 Å². The number of rotatable bonds is 31. The minimum absolute atomic E-state index is 0.000666. The third kappa shape index (κ3) is 43.8. The van der Waals surface area contributed by atoms with E-state index in [0.717, 1.165) is 63.5 Å². The second-order valence-corrected chi connectivity index (χ2v) is 16.5. The van der Waals surface area contributed by atoms with Crippen molar-refractivity contribution in [1.82, 2.24) is 21.3 Å². The summed E-state index contributed by atoms with van der Waals surface area (Å²) >= 11 is 0. The molecule has 0 heterocycles. The van der Waals surface area contributed by atoms with Crippen LogP contribution in [0, 0.1) is 5.92 Å². The molecule has 1 aromatic carbocycles. The molecule has 0 fully saturated rings. The molecule has 4 amide bonds. The largest absolute Gasteiger partial charge is 0.462 e. The molecule has 0 saturated heterocycles. The van der Waals surface area contributed by atoms with Crippen LogP contribution in [0.3, 0.4) is 0 Å². The van der Waals surface area contributed by atoms with E-state index in [2.05, 4.69) is 52.0 Å². The number of amides is 4. The fourth-order valence-electron chi connectivity index (χ4n) is 4.97. The van der Waals surface area contributed by atoms with Crippen molar-refractivity contribution in [2.45, 2.75) is 157 Å². The standard InChI is InChI=1S/C39H68N4O8.C5H10O2.C2H6/c1-32(2)20-25-48-27-29-50-30-28-49-26-24-41-35(44)14-9-6-8-13-33-16-18-34(19-17-33)31-36(45)40-21-10-7-11-22-42-38(47)43-23-12-15-37(46)51-39(3,4)5;1-5(2,3)7-4-6;1-2/h16-19,32H,6-15,20-31H2,1-5H3,(H,40,45)(H,41,44)(H2,42,43,47);4H,1-3H3;1-2H3. The number of nitrogens with one attached hydrogen (secondary N) is 4. The molecule has 14 heteroatoms. The second-order valence-electron chi connectivity index (χ2n) is 16.5. The van der Waals surface area contributed by atoms with Gasteiger partial charge in [0.15, 0.2) is 0 Å². The van der Waals surface area contributed by atoms with Gasteiger partial charge in [-0.15, -0.1) is 0 Å². The first-order chi connectivity index (χ1) is 28.5. The van der Waals surface area contributed by atoms with Crippen molar-refractivity contribution in [3.05, 3.63) is 35.4 Å². The Balaban J connectivity index is 0. The minimum Gasteiger partial charge on any atom is -0.462 e. The van der Waals surface area contributed by atoms with Crippen LogP contribution in [0.4, 0.5) is 4.79 Å². The van der Waals surface area contributed by atoms with Gasteiger partial charge in [-0.25, -0.2) is 4.79 Å². The lowest BCUT2D eigenvalue weighted by atomic mass is 10.0. The average Bonchev–Trinajstić information content (AvgIpc) is 3.17. The lowest BCUT2D eigenvalue weighted by Gasteiger charge is -2.19. The molecule has 0 atom stereocenters. The third-order valence-corrected chi connectivity index (χ3v) is 8.04. The Morgan fingerprint density at radius 3 is 1.65 bits per heavy atom. The molecule has 4 N–H and O–H groups in total. The fourth-order valence-corrected chi connectivity index (χ4v) is 4.97. The summed E-state index contributed by atoms with van der Waals surface area (Å²) in [6.45, 7) is 25.3. The van der Waals surface area contributed by atoms with Gasteiger partial charge < -0.3 is 45.0 Å². The number of unbranched alkanes of at least 4 members (excludes halogenated alkanes) is 4. The summed E-state index contributed by atoms with van der Waals surface area (Å²) < 4.78 is 26.3. The Labute approximate surface area is 363 Å². The first kappa shape index (κ1) is 58.3. The molecule has 0 aliphatic rings. The number of carbonyl (C=O) groups is 5. The predicted molar refractivity (Wildman–Crippen MR) is 239 cm³/mol. The summed E-state index contributed by atoms with van der Waals surface area (Å²) in [6.07, 6.45) is 9.05. The average molecular weight is 853 g/mol. The Hall–Kier alpha value is -3.75. The van der Waals surface area contributed by atoms with Crippen LogP contribution >= 0.6 is 0 Å². The first-order valence-corrected chi connectivity index (χ1v) is 22.2. The molecule has 0 spiro atoms. The summed E-state index contributed by atoms with van der Waals surface area (Å²) in [5, 5.41) is 11.4. The van der Waals surface area contributed by atoms with Gasteiger partial charge in [-0.3, -0.25) is 19.2 Å². The van der Waals surface area contributed by atoms with Crippen LogP contribution in [0.5, 0.6) is 0 Å². The molecular formula is C46H84N4O10. The van der Waals surface area contributed by atoms with Crippen LogP contribution in [0.2, 0.25) is 0 Å². The zero-order valence-electron chi connectivity index (χ0n) is 39.1. The van der Waals surface area contributed by atoms with Gasteiger partial charge in [-0.1, -0.05) is 58.4 Å². The van der Waals surface area contributed by atoms with Crippen LogP contribution in [-0.2, 0) is 55.7 Å². The molecular weight excluding hydrogens is 769 g/mol. The normalized spacial score (nSPS) is 11.0. The van der Waals surface area contributed by atoms with Crippen molar-refractivity contribution >= 4 is 30.3 Å². The van der Waals surface area contributed by atoms with Crippen LogP contribution < -0.4 is 21.3 Å². The summed E-state index contributed by atoms with van der Waals surface area (Å²) in [6, 6.07) is 7.92. The molecule has 0 radical (unpaired) electrons. The molecule has 1 rings (SSSR count). The zero-order valence-corrected chi connectivity index (χ0v) is 39.1. The van der Waals surface area contributed by atoms with Gasteiger partial charge in [0.2, 0.25) is 11.8 Å². The fraction of sp³-hybridized carbons (Fsp3) is 0.761. The number of hydrogen-bond donors (Lipinski definition) is 4. The van der Waals surface area contributed by atoms with Gasteiger partial charge in [0.05, 0.1) is 39.5 Å². The maximum atomic E-state index is 12.3. The number of esters is 1. The van der Waals surface area contributed by atoms with Gasteiger partial charge >= 0.3 is 12.0 Å². The highest BCUT2D eigenvalue weighted by atomic mass is 16.6. The van der Waals surface area contributed by atoms with Crippen molar-refractivity contribution in [2.75, 3.05) is 65.8 Å². The SMILES string of the molecule is CC.CC(C)(C)OC=O.CC(C)CCOCCOCCOCCNC(=O)CCCCCc1ccc(CC(=O)NCCCCCNC(=O)NCCCC(=O)OC(C)(C)C)cc1. The number of hydrogen-bond acceptors (Lipinski definition) is 10. The number of urea groups is 1. The maximum absolute atomic E-state index is 12.3. The van der Waals surface area contributed by atoms with Crippen LogP contribution in [-0.4, -0.2) is 107 Å². The molecule has 0 unspecified atom stereocenters. The van der Waals surface area contributed by atoms with E-state index < -0.39 is 5.60 Å². The minimum atomic E-state index is -0.499. The highest BCUT2D eigenvalue weighted by molar-refractivity contribution is 5.78. The van der Waals surface area contributed by atoms with Crippen LogP contribution in [0.15, 0.2) is 24.3 Å². The molecule has 0 aliphatic heterocycles. The zero-order chi connectivity index (χ0) is 45.5. The van der Waals surface area contributed by atoms with Gasteiger partial charge in [0.1, 0.15) is 11.2 Å². The molecule has 1 aromatic rings. The molecule has 14 nitrogen and oxygen atoms in total.